The Morgan fingerprint density at radius 2 is 1.85 bits per heavy atom. The zero-order chi connectivity index (χ0) is 17.9. The molecule has 3 heterocycles. The number of aromatic amines is 1. The number of benzene rings is 1. The Bertz CT molecular complexity index is 1040. The smallest absolute Gasteiger partial charge is 0.223 e. The first-order chi connectivity index (χ1) is 12.7. The van der Waals surface area contributed by atoms with Crippen LogP contribution in [0.1, 0.15) is 17.0 Å². The van der Waals surface area contributed by atoms with Crippen molar-refractivity contribution in [2.45, 2.75) is 20.3 Å². The quantitative estimate of drug-likeness (QED) is 0.577. The van der Waals surface area contributed by atoms with Crippen LogP contribution in [0.4, 0.5) is 5.95 Å². The van der Waals surface area contributed by atoms with Crippen LogP contribution in [0.15, 0.2) is 48.8 Å². The van der Waals surface area contributed by atoms with E-state index in [1.807, 2.05) is 24.3 Å². The predicted molar refractivity (Wildman–Crippen MR) is 103 cm³/mol. The van der Waals surface area contributed by atoms with Gasteiger partial charge in [0.1, 0.15) is 5.82 Å². The molecule has 4 rings (SSSR count). The maximum absolute atomic E-state index is 4.72. The minimum absolute atomic E-state index is 0.594. The van der Waals surface area contributed by atoms with Crippen LogP contribution in [-0.2, 0) is 6.42 Å². The van der Waals surface area contributed by atoms with Crippen molar-refractivity contribution in [2.75, 3.05) is 11.9 Å². The van der Waals surface area contributed by atoms with Crippen LogP contribution >= 0.6 is 0 Å². The maximum atomic E-state index is 4.72. The summed E-state index contributed by atoms with van der Waals surface area (Å²) in [6.45, 7) is 4.91. The molecule has 0 radical (unpaired) electrons. The molecule has 0 aliphatic carbocycles. The molecule has 0 atom stereocenters. The monoisotopic (exact) mass is 344 g/mol. The number of fused-ring (bicyclic) bond motifs is 1. The van der Waals surface area contributed by atoms with E-state index in [9.17, 15) is 0 Å². The Kier molecular flexibility index (Phi) is 4.31. The van der Waals surface area contributed by atoms with Gasteiger partial charge in [-0.1, -0.05) is 12.1 Å². The summed E-state index contributed by atoms with van der Waals surface area (Å²) in [6.07, 6.45) is 4.27. The lowest BCUT2D eigenvalue weighted by Gasteiger charge is -2.05. The van der Waals surface area contributed by atoms with E-state index in [4.69, 9.17) is 4.98 Å². The van der Waals surface area contributed by atoms with Crippen molar-refractivity contribution in [3.8, 4) is 11.4 Å². The molecule has 1 aromatic carbocycles. The highest BCUT2D eigenvalue weighted by atomic mass is 15.1. The zero-order valence-electron chi connectivity index (χ0n) is 14.8. The third-order valence-electron chi connectivity index (χ3n) is 4.46. The molecule has 6 nitrogen and oxygen atoms in total. The summed E-state index contributed by atoms with van der Waals surface area (Å²) in [7, 11) is 0. The number of rotatable bonds is 5. The van der Waals surface area contributed by atoms with E-state index in [1.165, 1.54) is 11.1 Å². The molecule has 4 aromatic rings. The average molecular weight is 344 g/mol. The number of aromatic nitrogens is 5. The van der Waals surface area contributed by atoms with E-state index in [2.05, 4.69) is 51.2 Å². The van der Waals surface area contributed by atoms with Gasteiger partial charge < -0.3 is 10.3 Å². The summed E-state index contributed by atoms with van der Waals surface area (Å²) >= 11 is 0. The topological polar surface area (TPSA) is 79.4 Å². The van der Waals surface area contributed by atoms with E-state index in [0.29, 0.717) is 12.5 Å². The minimum atomic E-state index is 0.594. The number of anilines is 1. The second kappa shape index (κ2) is 6.92. The molecule has 0 aliphatic rings. The minimum Gasteiger partial charge on any atom is -0.354 e. The van der Waals surface area contributed by atoms with Gasteiger partial charge in [0, 0.05) is 25.4 Å². The first-order valence-corrected chi connectivity index (χ1v) is 8.64. The van der Waals surface area contributed by atoms with Gasteiger partial charge >= 0.3 is 0 Å². The van der Waals surface area contributed by atoms with Gasteiger partial charge in [0.2, 0.25) is 5.95 Å². The van der Waals surface area contributed by atoms with E-state index in [0.717, 1.165) is 34.7 Å². The van der Waals surface area contributed by atoms with Crippen LogP contribution in [-0.4, -0.2) is 31.5 Å². The van der Waals surface area contributed by atoms with Gasteiger partial charge in [-0.3, -0.25) is 4.98 Å². The van der Waals surface area contributed by atoms with Gasteiger partial charge in [0.15, 0.2) is 0 Å². The third kappa shape index (κ3) is 3.26. The Balaban J connectivity index is 1.44. The van der Waals surface area contributed by atoms with Crippen LogP contribution in [0, 0.1) is 13.8 Å². The van der Waals surface area contributed by atoms with Crippen LogP contribution in [0.2, 0.25) is 0 Å². The van der Waals surface area contributed by atoms with Gasteiger partial charge in [0.05, 0.1) is 22.4 Å². The molecule has 6 heteroatoms. The van der Waals surface area contributed by atoms with Crippen molar-refractivity contribution in [1.82, 2.24) is 24.9 Å². The third-order valence-corrected chi connectivity index (χ3v) is 4.46. The Hall–Kier alpha value is -3.28. The van der Waals surface area contributed by atoms with Gasteiger partial charge in [-0.05, 0) is 49.2 Å². The standard InChI is InChI=1S/C20H20N6/c1-13-6-7-17-19(14(13)2)26-18(24-17)9-12-23-20-22-11-8-16(25-20)15-5-3-4-10-21-15/h3-8,10-11H,9,12H2,1-2H3,(H,24,26)(H,22,23,25). The molecule has 2 N–H and O–H groups in total. The molecule has 0 aliphatic heterocycles. The van der Waals surface area contributed by atoms with Crippen molar-refractivity contribution in [2.24, 2.45) is 0 Å². The summed E-state index contributed by atoms with van der Waals surface area (Å²) in [4.78, 5) is 21.2. The van der Waals surface area contributed by atoms with Gasteiger partial charge in [-0.2, -0.15) is 0 Å². The molecular weight excluding hydrogens is 324 g/mol. The highest BCUT2D eigenvalue weighted by Crippen LogP contribution is 2.19. The fraction of sp³-hybridized carbons (Fsp3) is 0.200. The zero-order valence-corrected chi connectivity index (χ0v) is 14.8. The van der Waals surface area contributed by atoms with Crippen molar-refractivity contribution in [1.29, 1.82) is 0 Å². The first kappa shape index (κ1) is 16.2. The lowest BCUT2D eigenvalue weighted by molar-refractivity contribution is 0.918. The fourth-order valence-electron chi connectivity index (χ4n) is 2.88. The summed E-state index contributed by atoms with van der Waals surface area (Å²) in [6, 6.07) is 11.8. The number of aryl methyl sites for hydroxylation is 2. The molecule has 0 spiro atoms. The summed E-state index contributed by atoms with van der Waals surface area (Å²) < 4.78 is 0. The van der Waals surface area contributed by atoms with E-state index < -0.39 is 0 Å². The molecule has 0 unspecified atom stereocenters. The normalized spacial score (nSPS) is 11.0. The Morgan fingerprint density at radius 3 is 2.69 bits per heavy atom. The Labute approximate surface area is 151 Å². The van der Waals surface area contributed by atoms with Crippen molar-refractivity contribution >= 4 is 17.0 Å². The van der Waals surface area contributed by atoms with Crippen molar-refractivity contribution < 1.29 is 0 Å². The summed E-state index contributed by atoms with van der Waals surface area (Å²) in [5, 5.41) is 3.26. The number of pyridine rings is 1. The highest BCUT2D eigenvalue weighted by molar-refractivity contribution is 5.79. The average Bonchev–Trinajstić information content (AvgIpc) is 3.10. The van der Waals surface area contributed by atoms with Crippen LogP contribution in [0.3, 0.4) is 0 Å². The van der Waals surface area contributed by atoms with Crippen LogP contribution < -0.4 is 5.32 Å². The number of hydrogen-bond donors (Lipinski definition) is 2. The highest BCUT2D eigenvalue weighted by Gasteiger charge is 2.07. The second-order valence-corrected chi connectivity index (χ2v) is 6.24. The van der Waals surface area contributed by atoms with Gasteiger partial charge in [0.25, 0.3) is 0 Å². The van der Waals surface area contributed by atoms with E-state index in [-0.39, 0.29) is 0 Å². The Morgan fingerprint density at radius 1 is 0.923 bits per heavy atom. The van der Waals surface area contributed by atoms with E-state index >= 15 is 0 Å². The van der Waals surface area contributed by atoms with Gasteiger partial charge in [-0.15, -0.1) is 0 Å². The molecule has 26 heavy (non-hydrogen) atoms. The maximum Gasteiger partial charge on any atom is 0.223 e. The molecule has 3 aromatic heterocycles. The van der Waals surface area contributed by atoms with E-state index in [1.54, 1.807) is 12.4 Å². The number of hydrogen-bond acceptors (Lipinski definition) is 5. The lowest BCUT2D eigenvalue weighted by Crippen LogP contribution is -2.09. The summed E-state index contributed by atoms with van der Waals surface area (Å²) in [5.74, 6) is 1.55. The fourth-order valence-corrected chi connectivity index (χ4v) is 2.88. The molecule has 0 amide bonds. The number of H-pyrrole nitrogens is 1. The molecule has 130 valence electrons. The number of nitrogens with zero attached hydrogens (tertiary/aromatic N) is 4. The largest absolute Gasteiger partial charge is 0.354 e. The van der Waals surface area contributed by atoms with Gasteiger partial charge in [-0.25, -0.2) is 15.0 Å². The SMILES string of the molecule is Cc1ccc2[nH]c(CCNc3nccc(-c4ccccn4)n3)nc2c1C. The first-order valence-electron chi connectivity index (χ1n) is 8.64. The molecule has 0 saturated carbocycles. The predicted octanol–water partition coefficient (Wildman–Crippen LogP) is 3.69. The second-order valence-electron chi connectivity index (χ2n) is 6.24. The van der Waals surface area contributed by atoms with Crippen molar-refractivity contribution in [3.63, 3.8) is 0 Å². The lowest BCUT2D eigenvalue weighted by atomic mass is 10.1. The van der Waals surface area contributed by atoms with Crippen molar-refractivity contribution in [3.05, 3.63) is 65.7 Å². The molecule has 0 fully saturated rings. The molecule has 0 saturated heterocycles. The summed E-state index contributed by atoms with van der Waals surface area (Å²) in [5.41, 5.74) is 6.25. The number of imidazole rings is 1. The molecular formula is C20H20N6. The van der Waals surface area contributed by atoms with Crippen LogP contribution in [0.5, 0.6) is 0 Å². The van der Waals surface area contributed by atoms with Crippen LogP contribution in [0.25, 0.3) is 22.4 Å². The molecule has 0 bridgehead atoms. The number of nitrogens with one attached hydrogen (secondary N) is 2.